The highest BCUT2D eigenvalue weighted by Crippen LogP contribution is 2.36. The molecule has 0 spiro atoms. The Labute approximate surface area is 176 Å². The molecule has 0 aliphatic rings. The number of hydrogen-bond donors (Lipinski definition) is 1. The third kappa shape index (κ3) is 5.16. The molecule has 0 bridgehead atoms. The van der Waals surface area contributed by atoms with Crippen molar-refractivity contribution in [3.05, 3.63) is 81.5 Å². The number of anilines is 1. The Morgan fingerprint density at radius 2 is 1.82 bits per heavy atom. The number of amides is 1. The zero-order valence-corrected chi connectivity index (χ0v) is 17.7. The predicted molar refractivity (Wildman–Crippen MR) is 115 cm³/mol. The van der Waals surface area contributed by atoms with E-state index in [2.05, 4.69) is 21.2 Å². The van der Waals surface area contributed by atoms with Crippen molar-refractivity contribution < 1.29 is 9.21 Å². The van der Waals surface area contributed by atoms with Gasteiger partial charge in [-0.25, -0.2) is 0 Å². The molecular weight excluding hydrogens is 436 g/mol. The number of nitrogens with zero attached hydrogens (tertiary/aromatic N) is 1. The number of rotatable bonds is 5. The van der Waals surface area contributed by atoms with Gasteiger partial charge < -0.3 is 9.73 Å². The molecule has 6 heteroatoms. The minimum Gasteiger partial charge on any atom is -0.449 e. The van der Waals surface area contributed by atoms with Crippen LogP contribution in [0, 0.1) is 25.2 Å². The second-order valence-corrected chi connectivity index (χ2v) is 8.10. The first-order valence-electron chi connectivity index (χ1n) is 8.48. The minimum absolute atomic E-state index is 0.0309. The summed E-state index contributed by atoms with van der Waals surface area (Å²) in [6.45, 7) is 3.91. The van der Waals surface area contributed by atoms with E-state index in [1.54, 1.807) is 6.07 Å². The van der Waals surface area contributed by atoms with Crippen molar-refractivity contribution in [2.24, 2.45) is 0 Å². The Balaban J connectivity index is 1.79. The highest BCUT2D eigenvalue weighted by molar-refractivity contribution is 9.10. The Kier molecular flexibility index (Phi) is 6.40. The number of aryl methyl sites for hydroxylation is 2. The number of carbonyl (C=O) groups excluding carboxylic acids is 1. The summed E-state index contributed by atoms with van der Waals surface area (Å²) in [4.78, 5) is 13.5. The first-order valence-corrected chi connectivity index (χ1v) is 10.1. The molecule has 3 aromatic rings. The van der Waals surface area contributed by atoms with Crippen LogP contribution < -0.4 is 5.32 Å². The number of nitriles is 1. The zero-order chi connectivity index (χ0) is 20.1. The molecule has 1 N–H and O–H groups in total. The Hall–Kier alpha value is -2.75. The molecular formula is C22H17BrN2O2S. The Morgan fingerprint density at radius 3 is 2.46 bits per heavy atom. The van der Waals surface area contributed by atoms with E-state index in [4.69, 9.17) is 4.42 Å². The summed E-state index contributed by atoms with van der Waals surface area (Å²) >= 11 is 4.92. The van der Waals surface area contributed by atoms with E-state index in [-0.39, 0.29) is 5.57 Å². The van der Waals surface area contributed by atoms with Crippen molar-refractivity contribution in [2.45, 2.75) is 23.8 Å². The summed E-state index contributed by atoms with van der Waals surface area (Å²) in [5.41, 5.74) is 2.70. The lowest BCUT2D eigenvalue weighted by molar-refractivity contribution is -0.112. The first kappa shape index (κ1) is 20.0. The molecule has 4 nitrogen and oxygen atoms in total. The molecule has 0 aliphatic carbocycles. The van der Waals surface area contributed by atoms with Crippen LogP contribution in [0.5, 0.6) is 0 Å². The van der Waals surface area contributed by atoms with Gasteiger partial charge in [-0.2, -0.15) is 5.26 Å². The quantitative estimate of drug-likeness (QED) is 0.361. The summed E-state index contributed by atoms with van der Waals surface area (Å²) in [5, 5.41) is 12.8. The van der Waals surface area contributed by atoms with Gasteiger partial charge in [-0.05, 0) is 71.2 Å². The maximum absolute atomic E-state index is 12.5. The van der Waals surface area contributed by atoms with E-state index in [1.807, 2.05) is 68.4 Å². The van der Waals surface area contributed by atoms with E-state index >= 15 is 0 Å². The van der Waals surface area contributed by atoms with Crippen molar-refractivity contribution in [1.29, 1.82) is 5.26 Å². The largest absolute Gasteiger partial charge is 0.449 e. The molecule has 28 heavy (non-hydrogen) atoms. The number of benzene rings is 2. The number of hydrogen-bond acceptors (Lipinski definition) is 4. The first-order chi connectivity index (χ1) is 13.4. The molecule has 1 aromatic heterocycles. The van der Waals surface area contributed by atoms with E-state index in [0.717, 1.165) is 20.5 Å². The molecule has 0 atom stereocenters. The third-order valence-corrected chi connectivity index (χ3v) is 5.61. The van der Waals surface area contributed by atoms with Crippen molar-refractivity contribution in [1.82, 2.24) is 0 Å². The SMILES string of the molecule is Cc1cc(C)cc(NC(=O)/C(C#N)=C\c2cc(Br)c(Sc3ccccc3)o2)c1. The summed E-state index contributed by atoms with van der Waals surface area (Å²) in [5.74, 6) is -0.0466. The van der Waals surface area contributed by atoms with Gasteiger partial charge >= 0.3 is 0 Å². The maximum atomic E-state index is 12.5. The number of furan rings is 1. The monoisotopic (exact) mass is 452 g/mol. The van der Waals surface area contributed by atoms with E-state index in [0.29, 0.717) is 16.5 Å². The average molecular weight is 453 g/mol. The van der Waals surface area contributed by atoms with Crippen LogP contribution in [0.25, 0.3) is 6.08 Å². The fourth-order valence-electron chi connectivity index (χ4n) is 2.64. The molecule has 1 amide bonds. The normalized spacial score (nSPS) is 11.1. The van der Waals surface area contributed by atoms with Crippen LogP contribution in [0.15, 0.2) is 79.0 Å². The van der Waals surface area contributed by atoms with Crippen molar-refractivity contribution >= 4 is 45.4 Å². The third-order valence-electron chi connectivity index (χ3n) is 3.76. The second kappa shape index (κ2) is 8.96. The van der Waals surface area contributed by atoms with Gasteiger partial charge in [0.05, 0.1) is 4.47 Å². The van der Waals surface area contributed by atoms with Gasteiger partial charge in [-0.3, -0.25) is 4.79 Å². The zero-order valence-electron chi connectivity index (χ0n) is 15.3. The van der Waals surface area contributed by atoms with Crippen molar-refractivity contribution in [3.8, 4) is 6.07 Å². The molecule has 3 rings (SSSR count). The lowest BCUT2D eigenvalue weighted by Gasteiger charge is -2.06. The van der Waals surface area contributed by atoms with Gasteiger partial charge in [0.25, 0.3) is 5.91 Å². The average Bonchev–Trinajstić information content (AvgIpc) is 2.98. The molecule has 140 valence electrons. The van der Waals surface area contributed by atoms with E-state index in [1.165, 1.54) is 17.8 Å². The fourth-order valence-corrected chi connectivity index (χ4v) is 3.99. The molecule has 0 aliphatic heterocycles. The summed E-state index contributed by atoms with van der Waals surface area (Å²) in [6.07, 6.45) is 1.44. The van der Waals surface area contributed by atoms with Gasteiger partial charge in [-0.15, -0.1) is 0 Å². The van der Waals surface area contributed by atoms with Gasteiger partial charge in [0, 0.05) is 16.7 Å². The fraction of sp³-hybridized carbons (Fsp3) is 0.0909. The standard InChI is InChI=1S/C22H17BrN2O2S/c1-14-8-15(2)10-17(9-14)25-21(26)16(13-24)11-18-12-20(23)22(27-18)28-19-6-4-3-5-7-19/h3-12H,1-2H3,(H,25,26)/b16-11-. The highest BCUT2D eigenvalue weighted by atomic mass is 79.9. The number of carbonyl (C=O) groups is 1. The van der Waals surface area contributed by atoms with E-state index < -0.39 is 5.91 Å². The van der Waals surface area contributed by atoms with Gasteiger partial charge in [0.2, 0.25) is 0 Å². The number of nitrogens with one attached hydrogen (secondary N) is 1. The van der Waals surface area contributed by atoms with Crippen LogP contribution in [0.2, 0.25) is 0 Å². The molecule has 2 aromatic carbocycles. The van der Waals surface area contributed by atoms with Gasteiger partial charge in [0.15, 0.2) is 5.09 Å². The summed E-state index contributed by atoms with van der Waals surface area (Å²) in [6, 6.07) is 19.2. The lowest BCUT2D eigenvalue weighted by atomic mass is 10.1. The Morgan fingerprint density at radius 1 is 1.14 bits per heavy atom. The van der Waals surface area contributed by atoms with Crippen LogP contribution in [0.1, 0.15) is 16.9 Å². The minimum atomic E-state index is -0.475. The van der Waals surface area contributed by atoms with Gasteiger partial charge in [0.1, 0.15) is 17.4 Å². The van der Waals surface area contributed by atoms with Crippen LogP contribution in [-0.4, -0.2) is 5.91 Å². The summed E-state index contributed by atoms with van der Waals surface area (Å²) < 4.78 is 6.56. The van der Waals surface area contributed by atoms with Crippen LogP contribution in [0.4, 0.5) is 5.69 Å². The Bertz CT molecular complexity index is 1060. The van der Waals surface area contributed by atoms with E-state index in [9.17, 15) is 10.1 Å². The maximum Gasteiger partial charge on any atom is 0.266 e. The smallest absolute Gasteiger partial charge is 0.266 e. The van der Waals surface area contributed by atoms with Crippen LogP contribution >= 0.6 is 27.7 Å². The van der Waals surface area contributed by atoms with Gasteiger partial charge in [-0.1, -0.05) is 36.0 Å². The molecule has 1 heterocycles. The highest BCUT2D eigenvalue weighted by Gasteiger charge is 2.14. The molecule has 0 saturated heterocycles. The molecule has 0 saturated carbocycles. The van der Waals surface area contributed by atoms with Crippen molar-refractivity contribution in [2.75, 3.05) is 5.32 Å². The predicted octanol–water partition coefficient (Wildman–Crippen LogP) is 6.36. The lowest BCUT2D eigenvalue weighted by Crippen LogP contribution is -2.13. The molecule has 0 fully saturated rings. The number of halogens is 1. The molecule has 0 unspecified atom stereocenters. The van der Waals surface area contributed by atoms with Crippen LogP contribution in [0.3, 0.4) is 0 Å². The van der Waals surface area contributed by atoms with Crippen LogP contribution in [-0.2, 0) is 4.79 Å². The summed E-state index contributed by atoms with van der Waals surface area (Å²) in [7, 11) is 0. The molecule has 0 radical (unpaired) electrons. The van der Waals surface area contributed by atoms with Crippen molar-refractivity contribution in [3.63, 3.8) is 0 Å². The second-order valence-electron chi connectivity index (χ2n) is 6.20. The topological polar surface area (TPSA) is 66.0 Å².